The van der Waals surface area contributed by atoms with E-state index in [0.29, 0.717) is 11.7 Å². The third-order valence-corrected chi connectivity index (χ3v) is 3.18. The lowest BCUT2D eigenvalue weighted by atomic mass is 10.1. The number of carboxylic acids is 1. The molecule has 112 valence electrons. The average molecular weight is 280 g/mol. The summed E-state index contributed by atoms with van der Waals surface area (Å²) in [6.07, 6.45) is 1.84. The molecule has 0 fully saturated rings. The Morgan fingerprint density at radius 1 is 1.35 bits per heavy atom. The van der Waals surface area contributed by atoms with E-state index in [-0.39, 0.29) is 18.1 Å². The highest BCUT2D eigenvalue weighted by Gasteiger charge is 2.10. The van der Waals surface area contributed by atoms with E-state index in [2.05, 4.69) is 10.3 Å². The Morgan fingerprint density at radius 3 is 2.60 bits per heavy atom. The van der Waals surface area contributed by atoms with Crippen LogP contribution in [-0.2, 0) is 0 Å². The minimum Gasteiger partial charge on any atom is -0.478 e. The molecule has 0 aliphatic rings. The van der Waals surface area contributed by atoms with Crippen LogP contribution in [0.1, 0.15) is 55.6 Å². The van der Waals surface area contributed by atoms with E-state index < -0.39 is 5.97 Å². The fraction of sp³-hybridized carbons (Fsp3) is 0.600. The van der Waals surface area contributed by atoms with Crippen molar-refractivity contribution in [1.29, 1.82) is 0 Å². The summed E-state index contributed by atoms with van der Waals surface area (Å²) in [5.74, 6) is 0.141. The van der Waals surface area contributed by atoms with Gasteiger partial charge >= 0.3 is 5.97 Å². The summed E-state index contributed by atoms with van der Waals surface area (Å²) in [5, 5.41) is 21.2. The minimum atomic E-state index is -0.939. The van der Waals surface area contributed by atoms with Gasteiger partial charge < -0.3 is 15.5 Å². The molecule has 0 aromatic carbocycles. The van der Waals surface area contributed by atoms with E-state index in [1.165, 1.54) is 0 Å². The van der Waals surface area contributed by atoms with Gasteiger partial charge in [-0.15, -0.1) is 0 Å². The monoisotopic (exact) mass is 280 g/mol. The fourth-order valence-electron chi connectivity index (χ4n) is 1.82. The highest BCUT2D eigenvalue weighted by atomic mass is 16.4. The average Bonchev–Trinajstić information content (AvgIpc) is 2.42. The van der Waals surface area contributed by atoms with Gasteiger partial charge in [0.1, 0.15) is 5.82 Å². The van der Waals surface area contributed by atoms with Crippen LogP contribution in [0.5, 0.6) is 0 Å². The number of anilines is 1. The number of carboxylic acid groups (broad SMARTS) is 1. The maximum atomic E-state index is 11.1. The Kier molecular flexibility index (Phi) is 6.45. The smallest absolute Gasteiger partial charge is 0.335 e. The number of aliphatic hydroxyl groups is 1. The zero-order valence-corrected chi connectivity index (χ0v) is 12.4. The normalized spacial score (nSPS) is 12.4. The predicted molar refractivity (Wildman–Crippen MR) is 79.3 cm³/mol. The molecular formula is C15H24N2O3. The molecule has 0 aliphatic heterocycles. The molecule has 0 saturated carbocycles. The zero-order chi connectivity index (χ0) is 15.1. The summed E-state index contributed by atoms with van der Waals surface area (Å²) < 4.78 is 0. The molecule has 1 atom stereocenters. The van der Waals surface area contributed by atoms with Crippen molar-refractivity contribution >= 4 is 11.8 Å². The van der Waals surface area contributed by atoms with Crippen molar-refractivity contribution < 1.29 is 15.0 Å². The van der Waals surface area contributed by atoms with Crippen LogP contribution in [-0.4, -0.2) is 34.3 Å². The number of hydrogen-bond acceptors (Lipinski definition) is 4. The number of hydrogen-bond donors (Lipinski definition) is 3. The van der Waals surface area contributed by atoms with Crippen molar-refractivity contribution in [2.45, 2.75) is 39.5 Å². The van der Waals surface area contributed by atoms with E-state index in [0.717, 1.165) is 25.1 Å². The van der Waals surface area contributed by atoms with Gasteiger partial charge in [0.2, 0.25) is 0 Å². The first-order valence-corrected chi connectivity index (χ1v) is 7.04. The maximum absolute atomic E-state index is 11.1. The summed E-state index contributed by atoms with van der Waals surface area (Å²) >= 11 is 0. The van der Waals surface area contributed by atoms with Gasteiger partial charge in [0.05, 0.1) is 5.56 Å². The molecule has 1 heterocycles. The molecule has 0 bridgehead atoms. The standard InChI is InChI=1S/C15H24N2O3/c1-10(2)13-7-12(15(19)20)8-14(17-13)16-6-4-5-11(3)9-18/h7-8,10-11,18H,4-6,9H2,1-3H3,(H,16,17)(H,19,20). The van der Waals surface area contributed by atoms with Gasteiger partial charge in [0.25, 0.3) is 0 Å². The van der Waals surface area contributed by atoms with Crippen LogP contribution in [0.25, 0.3) is 0 Å². The molecule has 0 radical (unpaired) electrons. The molecule has 1 aromatic heterocycles. The van der Waals surface area contributed by atoms with E-state index in [1.54, 1.807) is 12.1 Å². The van der Waals surface area contributed by atoms with E-state index in [9.17, 15) is 4.79 Å². The van der Waals surface area contributed by atoms with Gasteiger partial charge in [-0.25, -0.2) is 9.78 Å². The number of carbonyl (C=O) groups is 1. The summed E-state index contributed by atoms with van der Waals surface area (Å²) in [6.45, 7) is 6.89. The first-order chi connectivity index (χ1) is 9.43. The number of rotatable bonds is 8. The van der Waals surface area contributed by atoms with Crippen LogP contribution in [0.2, 0.25) is 0 Å². The lowest BCUT2D eigenvalue weighted by Crippen LogP contribution is -2.10. The van der Waals surface area contributed by atoms with Crippen LogP contribution in [0.15, 0.2) is 12.1 Å². The number of nitrogens with zero attached hydrogens (tertiary/aromatic N) is 1. The van der Waals surface area contributed by atoms with Crippen LogP contribution in [0.4, 0.5) is 5.82 Å². The number of pyridine rings is 1. The predicted octanol–water partition coefficient (Wildman–Crippen LogP) is 2.72. The third-order valence-electron chi connectivity index (χ3n) is 3.18. The van der Waals surface area contributed by atoms with Crippen molar-refractivity contribution in [2.75, 3.05) is 18.5 Å². The summed E-state index contributed by atoms with van der Waals surface area (Å²) in [4.78, 5) is 15.5. The molecule has 0 aliphatic carbocycles. The first-order valence-electron chi connectivity index (χ1n) is 7.04. The first kappa shape index (κ1) is 16.4. The molecule has 1 aromatic rings. The molecule has 5 nitrogen and oxygen atoms in total. The molecule has 0 saturated heterocycles. The van der Waals surface area contributed by atoms with Crippen molar-refractivity contribution in [3.8, 4) is 0 Å². The molecule has 0 spiro atoms. The summed E-state index contributed by atoms with van der Waals surface area (Å²) in [6, 6.07) is 3.18. The number of nitrogens with one attached hydrogen (secondary N) is 1. The molecule has 1 unspecified atom stereocenters. The Hall–Kier alpha value is -1.62. The van der Waals surface area contributed by atoms with Gasteiger partial charge in [0.15, 0.2) is 0 Å². The molecule has 5 heteroatoms. The van der Waals surface area contributed by atoms with Crippen molar-refractivity contribution in [1.82, 2.24) is 4.98 Å². The Labute approximate surface area is 120 Å². The molecular weight excluding hydrogens is 256 g/mol. The van der Waals surface area contributed by atoms with E-state index in [1.807, 2.05) is 20.8 Å². The molecule has 20 heavy (non-hydrogen) atoms. The lowest BCUT2D eigenvalue weighted by Gasteiger charge is -2.12. The fourth-order valence-corrected chi connectivity index (χ4v) is 1.82. The molecule has 1 rings (SSSR count). The number of aromatic nitrogens is 1. The summed E-state index contributed by atoms with van der Waals surface area (Å²) in [7, 11) is 0. The van der Waals surface area contributed by atoms with Gasteiger partial charge in [-0.2, -0.15) is 0 Å². The highest BCUT2D eigenvalue weighted by Crippen LogP contribution is 2.18. The van der Waals surface area contributed by atoms with Crippen LogP contribution in [0.3, 0.4) is 0 Å². The topological polar surface area (TPSA) is 82.5 Å². The molecule has 3 N–H and O–H groups in total. The lowest BCUT2D eigenvalue weighted by molar-refractivity contribution is 0.0696. The van der Waals surface area contributed by atoms with Crippen molar-refractivity contribution in [2.24, 2.45) is 5.92 Å². The highest BCUT2D eigenvalue weighted by molar-refractivity contribution is 5.88. The maximum Gasteiger partial charge on any atom is 0.335 e. The minimum absolute atomic E-state index is 0.185. The molecule has 0 amide bonds. The third kappa shape index (κ3) is 5.17. The van der Waals surface area contributed by atoms with E-state index >= 15 is 0 Å². The number of aliphatic hydroxyl groups excluding tert-OH is 1. The Balaban J connectivity index is 2.67. The SMILES string of the molecule is CC(CO)CCCNc1cc(C(=O)O)cc(C(C)C)n1. The quantitative estimate of drug-likeness (QED) is 0.638. The second kappa shape index (κ2) is 7.85. The van der Waals surface area contributed by atoms with Gasteiger partial charge in [-0.3, -0.25) is 0 Å². The number of aromatic carboxylic acids is 1. The van der Waals surface area contributed by atoms with Gasteiger partial charge in [0, 0.05) is 18.8 Å². The van der Waals surface area contributed by atoms with Crippen LogP contribution >= 0.6 is 0 Å². The van der Waals surface area contributed by atoms with Gasteiger partial charge in [-0.05, 0) is 36.8 Å². The van der Waals surface area contributed by atoms with Gasteiger partial charge in [-0.1, -0.05) is 20.8 Å². The van der Waals surface area contributed by atoms with Crippen LogP contribution < -0.4 is 5.32 Å². The largest absolute Gasteiger partial charge is 0.478 e. The van der Waals surface area contributed by atoms with Crippen LogP contribution in [0, 0.1) is 5.92 Å². The Morgan fingerprint density at radius 2 is 2.05 bits per heavy atom. The zero-order valence-electron chi connectivity index (χ0n) is 12.4. The second-order valence-corrected chi connectivity index (χ2v) is 5.48. The summed E-state index contributed by atoms with van der Waals surface area (Å²) in [5.41, 5.74) is 1.03. The van der Waals surface area contributed by atoms with E-state index in [4.69, 9.17) is 10.2 Å². The van der Waals surface area contributed by atoms with Crippen molar-refractivity contribution in [3.05, 3.63) is 23.4 Å². The van der Waals surface area contributed by atoms with Crippen molar-refractivity contribution in [3.63, 3.8) is 0 Å². The second-order valence-electron chi connectivity index (χ2n) is 5.48. The Bertz CT molecular complexity index is 447.